The van der Waals surface area contributed by atoms with E-state index in [0.29, 0.717) is 42.3 Å². The predicted octanol–water partition coefficient (Wildman–Crippen LogP) is 8.39. The number of amides is 2. The summed E-state index contributed by atoms with van der Waals surface area (Å²) in [5.74, 6) is -1.40. The van der Waals surface area contributed by atoms with Crippen LogP contribution in [0.5, 0.6) is 11.5 Å². The summed E-state index contributed by atoms with van der Waals surface area (Å²) in [5, 5.41) is 5.59. The molecule has 2 aromatic rings. The van der Waals surface area contributed by atoms with Crippen LogP contribution < -0.4 is 20.1 Å². The molecule has 10 heteroatoms. The minimum Gasteiger partial charge on any atom is -0.491 e. The zero-order valence-corrected chi connectivity index (χ0v) is 29.2. The highest BCUT2D eigenvalue weighted by molar-refractivity contribution is 6.08. The molecule has 0 aliphatic carbocycles. The molecule has 0 spiro atoms. The van der Waals surface area contributed by atoms with Crippen LogP contribution >= 0.6 is 0 Å². The average molecular weight is 669 g/mol. The van der Waals surface area contributed by atoms with Gasteiger partial charge in [-0.1, -0.05) is 102 Å². The third-order valence-electron chi connectivity index (χ3n) is 7.77. The number of anilines is 2. The molecule has 2 N–H and O–H groups in total. The summed E-state index contributed by atoms with van der Waals surface area (Å²) in [6.07, 6.45) is 15.4. The number of benzene rings is 2. The van der Waals surface area contributed by atoms with E-state index in [1.54, 1.807) is 55.5 Å². The number of hydrogen-bond acceptors (Lipinski definition) is 8. The molecule has 2 aromatic carbocycles. The summed E-state index contributed by atoms with van der Waals surface area (Å²) < 4.78 is 21.3. The SMILES string of the molecule is CCCCCCCCCCCCCCCC(=O)Nc1ccc(NC(=O)C(Oc2ccccc2)C(=O)OC)cc1OCCCC(=O)OCC. The summed E-state index contributed by atoms with van der Waals surface area (Å²) in [6.45, 7) is 4.48. The highest BCUT2D eigenvalue weighted by atomic mass is 16.6. The van der Waals surface area contributed by atoms with E-state index in [9.17, 15) is 19.2 Å². The van der Waals surface area contributed by atoms with Gasteiger partial charge in [-0.3, -0.25) is 14.4 Å². The highest BCUT2D eigenvalue weighted by Gasteiger charge is 2.30. The van der Waals surface area contributed by atoms with Crippen molar-refractivity contribution in [2.75, 3.05) is 31.0 Å². The van der Waals surface area contributed by atoms with Crippen LogP contribution in [0.2, 0.25) is 0 Å². The Balaban J connectivity index is 1.91. The fourth-order valence-electron chi connectivity index (χ4n) is 5.13. The number of rotatable bonds is 26. The maximum atomic E-state index is 13.1. The van der Waals surface area contributed by atoms with Gasteiger partial charge in [0.25, 0.3) is 12.0 Å². The molecule has 2 amide bonds. The molecule has 266 valence electrons. The first-order chi connectivity index (χ1) is 23.4. The molecular formula is C38H56N2O8. The fourth-order valence-corrected chi connectivity index (χ4v) is 5.13. The third-order valence-corrected chi connectivity index (χ3v) is 7.77. The van der Waals surface area contributed by atoms with Crippen LogP contribution in [-0.4, -0.2) is 50.2 Å². The van der Waals surface area contributed by atoms with Crippen molar-refractivity contribution < 1.29 is 38.1 Å². The van der Waals surface area contributed by atoms with E-state index in [2.05, 4.69) is 17.6 Å². The van der Waals surface area contributed by atoms with E-state index < -0.39 is 18.0 Å². The molecule has 2 rings (SSSR count). The molecule has 1 unspecified atom stereocenters. The summed E-state index contributed by atoms with van der Waals surface area (Å²) in [5.41, 5.74) is 0.759. The number of ether oxygens (including phenoxy) is 4. The van der Waals surface area contributed by atoms with Gasteiger partial charge in [0.05, 0.1) is 26.0 Å². The molecule has 10 nitrogen and oxygen atoms in total. The molecule has 0 aliphatic heterocycles. The highest BCUT2D eigenvalue weighted by Crippen LogP contribution is 2.29. The molecule has 0 fully saturated rings. The Hall–Kier alpha value is -4.08. The van der Waals surface area contributed by atoms with Gasteiger partial charge in [-0.15, -0.1) is 0 Å². The van der Waals surface area contributed by atoms with Gasteiger partial charge in [-0.25, -0.2) is 4.79 Å². The third kappa shape index (κ3) is 17.2. The van der Waals surface area contributed by atoms with Gasteiger partial charge < -0.3 is 29.6 Å². The number of carbonyl (C=O) groups is 4. The second-order valence-electron chi connectivity index (χ2n) is 11.8. The van der Waals surface area contributed by atoms with E-state index in [-0.39, 0.29) is 24.9 Å². The molecule has 1 atom stereocenters. The molecule has 0 radical (unpaired) electrons. The summed E-state index contributed by atoms with van der Waals surface area (Å²) in [7, 11) is 1.18. The molecule has 0 bridgehead atoms. The van der Waals surface area contributed by atoms with Crippen LogP contribution in [0.15, 0.2) is 48.5 Å². The topological polar surface area (TPSA) is 129 Å². The van der Waals surface area contributed by atoms with Crippen molar-refractivity contribution >= 4 is 35.1 Å². The van der Waals surface area contributed by atoms with Crippen molar-refractivity contribution in [3.63, 3.8) is 0 Å². The van der Waals surface area contributed by atoms with E-state index in [4.69, 9.17) is 18.9 Å². The minimum absolute atomic E-state index is 0.131. The number of unbranched alkanes of at least 4 members (excludes halogenated alkanes) is 12. The first-order valence-corrected chi connectivity index (χ1v) is 17.7. The zero-order valence-electron chi connectivity index (χ0n) is 29.2. The summed E-state index contributed by atoms with van der Waals surface area (Å²) in [6, 6.07) is 13.3. The zero-order chi connectivity index (χ0) is 34.8. The van der Waals surface area contributed by atoms with Gasteiger partial charge >= 0.3 is 11.9 Å². The van der Waals surface area contributed by atoms with Gasteiger partial charge in [0, 0.05) is 24.6 Å². The molecular weight excluding hydrogens is 612 g/mol. The number of methoxy groups -OCH3 is 1. The second kappa shape index (κ2) is 25.0. The number of esters is 2. The molecule has 0 saturated carbocycles. The fraction of sp³-hybridized carbons (Fsp3) is 0.579. The van der Waals surface area contributed by atoms with E-state index >= 15 is 0 Å². The van der Waals surface area contributed by atoms with Crippen molar-refractivity contribution in [2.45, 2.75) is 123 Å². The largest absolute Gasteiger partial charge is 0.491 e. The number of hydrogen-bond donors (Lipinski definition) is 2. The Morgan fingerprint density at radius 1 is 0.708 bits per heavy atom. The van der Waals surface area contributed by atoms with Gasteiger partial charge in [0.1, 0.15) is 11.5 Å². The van der Waals surface area contributed by atoms with Gasteiger partial charge in [0.15, 0.2) is 0 Å². The lowest BCUT2D eigenvalue weighted by atomic mass is 10.0. The molecule has 0 heterocycles. The lowest BCUT2D eigenvalue weighted by molar-refractivity contribution is -0.152. The van der Waals surface area contributed by atoms with Crippen molar-refractivity contribution in [3.05, 3.63) is 48.5 Å². The standard InChI is InChI=1S/C38H56N2O8/c1-4-6-7-8-9-10-11-12-13-14-15-16-20-24-34(41)40-32-27-26-30(29-33(32)47-28-21-25-35(42)46-5-2)39-37(43)36(38(44)45-3)48-31-22-18-17-19-23-31/h17-19,22-23,26-27,29,36H,4-16,20-21,24-25,28H2,1-3H3,(H,39,43)(H,40,41). The van der Waals surface area contributed by atoms with E-state index in [1.807, 2.05) is 0 Å². The van der Waals surface area contributed by atoms with Crippen LogP contribution in [0.25, 0.3) is 0 Å². The first kappa shape index (κ1) is 40.1. The normalized spacial score (nSPS) is 11.3. The minimum atomic E-state index is -1.55. The van der Waals surface area contributed by atoms with Crippen molar-refractivity contribution in [1.29, 1.82) is 0 Å². The van der Waals surface area contributed by atoms with Crippen LogP contribution in [0.3, 0.4) is 0 Å². The average Bonchev–Trinajstić information content (AvgIpc) is 3.08. The molecule has 0 aliphatic rings. The lowest BCUT2D eigenvalue weighted by Crippen LogP contribution is -2.40. The predicted molar refractivity (Wildman–Crippen MR) is 188 cm³/mol. The number of nitrogens with one attached hydrogen (secondary N) is 2. The van der Waals surface area contributed by atoms with Gasteiger partial charge in [-0.2, -0.15) is 0 Å². The quantitative estimate of drug-likeness (QED) is 0.0581. The Labute approximate surface area is 286 Å². The van der Waals surface area contributed by atoms with E-state index in [0.717, 1.165) is 19.3 Å². The van der Waals surface area contributed by atoms with Gasteiger partial charge in [0.2, 0.25) is 5.91 Å². The van der Waals surface area contributed by atoms with Crippen LogP contribution in [-0.2, 0) is 28.7 Å². The Kier molecular flexibility index (Phi) is 20.9. The maximum absolute atomic E-state index is 13.1. The Morgan fingerprint density at radius 3 is 1.94 bits per heavy atom. The number of carbonyl (C=O) groups excluding carboxylic acids is 4. The van der Waals surface area contributed by atoms with Gasteiger partial charge in [-0.05, 0) is 44.0 Å². The lowest BCUT2D eigenvalue weighted by Gasteiger charge is -2.18. The smallest absolute Gasteiger partial charge is 0.357 e. The van der Waals surface area contributed by atoms with Crippen molar-refractivity contribution in [2.24, 2.45) is 0 Å². The molecule has 48 heavy (non-hydrogen) atoms. The Morgan fingerprint density at radius 2 is 1.33 bits per heavy atom. The molecule has 0 saturated heterocycles. The van der Waals surface area contributed by atoms with Crippen LogP contribution in [0, 0.1) is 0 Å². The monoisotopic (exact) mass is 668 g/mol. The van der Waals surface area contributed by atoms with Crippen LogP contribution in [0.1, 0.15) is 117 Å². The van der Waals surface area contributed by atoms with E-state index in [1.165, 1.54) is 71.3 Å². The second-order valence-corrected chi connectivity index (χ2v) is 11.8. The number of para-hydroxylation sites is 1. The van der Waals surface area contributed by atoms with Crippen molar-refractivity contribution in [3.8, 4) is 11.5 Å². The molecule has 0 aromatic heterocycles. The van der Waals surface area contributed by atoms with Crippen LogP contribution in [0.4, 0.5) is 11.4 Å². The maximum Gasteiger partial charge on any atom is 0.357 e. The summed E-state index contributed by atoms with van der Waals surface area (Å²) in [4.78, 5) is 50.1. The first-order valence-electron chi connectivity index (χ1n) is 17.7. The van der Waals surface area contributed by atoms with Crippen molar-refractivity contribution in [1.82, 2.24) is 0 Å². The summed E-state index contributed by atoms with van der Waals surface area (Å²) >= 11 is 0. The Bertz CT molecular complexity index is 1220.